The second-order valence-corrected chi connectivity index (χ2v) is 5.64. The lowest BCUT2D eigenvalue weighted by Crippen LogP contribution is -3.00. The Balaban J connectivity index is 0.00000220. The van der Waals surface area contributed by atoms with Crippen LogP contribution in [0.15, 0.2) is 29.4 Å². The molecule has 1 aromatic carbocycles. The summed E-state index contributed by atoms with van der Waals surface area (Å²) in [4.78, 5) is 11.9. The van der Waals surface area contributed by atoms with Gasteiger partial charge in [0, 0.05) is 5.56 Å². The molecule has 5 nitrogen and oxygen atoms in total. The SMILES string of the molecule is C[N+]1(CC(=O)N/N=C/c2ccccc2O)CCCCC1.[Br-]. The molecule has 2 rings (SSSR count). The summed E-state index contributed by atoms with van der Waals surface area (Å²) in [7, 11) is 2.12. The van der Waals surface area contributed by atoms with Gasteiger partial charge in [-0.05, 0) is 31.4 Å². The van der Waals surface area contributed by atoms with Gasteiger partial charge in [0.2, 0.25) is 0 Å². The maximum Gasteiger partial charge on any atom is 0.295 e. The number of nitrogens with one attached hydrogen (secondary N) is 1. The van der Waals surface area contributed by atoms with Crippen LogP contribution in [0.25, 0.3) is 0 Å². The number of para-hydroxylation sites is 1. The number of phenolic OH excluding ortho intramolecular Hbond substituents is 1. The van der Waals surface area contributed by atoms with Crippen LogP contribution in [0.5, 0.6) is 5.75 Å². The number of likely N-dealkylation sites (tertiary alicyclic amines) is 1. The Labute approximate surface area is 136 Å². The number of hydrogen-bond acceptors (Lipinski definition) is 3. The number of phenols is 1. The molecule has 1 aromatic rings. The number of carbonyl (C=O) groups is 1. The number of nitrogens with zero attached hydrogens (tertiary/aromatic N) is 2. The fraction of sp³-hybridized carbons (Fsp3) is 0.467. The van der Waals surface area contributed by atoms with E-state index >= 15 is 0 Å². The molecule has 6 heteroatoms. The van der Waals surface area contributed by atoms with E-state index in [1.807, 2.05) is 6.07 Å². The number of halogens is 1. The largest absolute Gasteiger partial charge is 1.00 e. The second kappa shape index (κ2) is 8.14. The molecule has 116 valence electrons. The van der Waals surface area contributed by atoms with Gasteiger partial charge in [-0.2, -0.15) is 5.10 Å². The van der Waals surface area contributed by atoms with Crippen molar-refractivity contribution in [2.45, 2.75) is 19.3 Å². The summed E-state index contributed by atoms with van der Waals surface area (Å²) < 4.78 is 0.790. The van der Waals surface area contributed by atoms with E-state index in [1.165, 1.54) is 25.5 Å². The first kappa shape index (κ1) is 17.7. The Kier molecular flexibility index (Phi) is 6.84. The molecule has 1 aliphatic heterocycles. The standard InChI is InChI=1S/C15H21N3O2.BrH/c1-18(9-5-2-6-10-18)12-15(20)17-16-11-13-7-3-4-8-14(13)19;/h3-4,7-8,11H,2,5-6,9-10,12H2,1H3,(H-,16,17,19,20);1H. The summed E-state index contributed by atoms with van der Waals surface area (Å²) in [6.07, 6.45) is 5.10. The highest BCUT2D eigenvalue weighted by atomic mass is 79.9. The highest BCUT2D eigenvalue weighted by Gasteiger charge is 2.27. The molecule has 0 spiro atoms. The summed E-state index contributed by atoms with van der Waals surface area (Å²) in [5.74, 6) is 0.0709. The van der Waals surface area contributed by atoms with Crippen LogP contribution >= 0.6 is 0 Å². The van der Waals surface area contributed by atoms with Crippen molar-refractivity contribution in [1.82, 2.24) is 5.43 Å². The van der Waals surface area contributed by atoms with Gasteiger partial charge in [-0.3, -0.25) is 4.79 Å². The van der Waals surface area contributed by atoms with Gasteiger partial charge < -0.3 is 26.6 Å². The van der Waals surface area contributed by atoms with Gasteiger partial charge in [-0.25, -0.2) is 5.43 Å². The average molecular weight is 356 g/mol. The fourth-order valence-electron chi connectivity index (χ4n) is 2.59. The van der Waals surface area contributed by atoms with Crippen LogP contribution < -0.4 is 22.4 Å². The third-order valence-electron chi connectivity index (χ3n) is 3.75. The molecule has 1 aliphatic rings. The fourth-order valence-corrected chi connectivity index (χ4v) is 2.59. The van der Waals surface area contributed by atoms with Crippen molar-refractivity contribution in [2.75, 3.05) is 26.7 Å². The molecule has 0 aromatic heterocycles. The van der Waals surface area contributed by atoms with Gasteiger partial charge in [-0.15, -0.1) is 0 Å². The first-order chi connectivity index (χ1) is 9.59. The maximum absolute atomic E-state index is 11.9. The van der Waals surface area contributed by atoms with E-state index in [0.29, 0.717) is 12.1 Å². The van der Waals surface area contributed by atoms with Gasteiger partial charge in [-0.1, -0.05) is 12.1 Å². The summed E-state index contributed by atoms with van der Waals surface area (Å²) in [6, 6.07) is 6.88. The molecule has 0 saturated carbocycles. The van der Waals surface area contributed by atoms with Crippen molar-refractivity contribution in [3.05, 3.63) is 29.8 Å². The predicted molar refractivity (Wildman–Crippen MR) is 78.5 cm³/mol. The van der Waals surface area contributed by atoms with E-state index in [2.05, 4.69) is 17.6 Å². The number of amides is 1. The number of rotatable bonds is 4. The lowest BCUT2D eigenvalue weighted by molar-refractivity contribution is -0.906. The Morgan fingerprint density at radius 3 is 2.67 bits per heavy atom. The molecule has 1 saturated heterocycles. The van der Waals surface area contributed by atoms with Crippen LogP contribution in [-0.2, 0) is 4.79 Å². The highest BCUT2D eigenvalue weighted by molar-refractivity contribution is 5.85. The predicted octanol–water partition coefficient (Wildman–Crippen LogP) is -1.52. The molecule has 0 bridgehead atoms. The molecule has 21 heavy (non-hydrogen) atoms. The van der Waals surface area contributed by atoms with Crippen LogP contribution in [0.3, 0.4) is 0 Å². The number of piperidine rings is 1. The number of hydrogen-bond donors (Lipinski definition) is 2. The molecular weight excluding hydrogens is 334 g/mol. The highest BCUT2D eigenvalue weighted by Crippen LogP contribution is 2.15. The smallest absolute Gasteiger partial charge is 0.295 e. The van der Waals surface area contributed by atoms with Crippen molar-refractivity contribution in [1.29, 1.82) is 0 Å². The normalized spacial score (nSPS) is 17.2. The van der Waals surface area contributed by atoms with Crippen LogP contribution in [0, 0.1) is 0 Å². The minimum absolute atomic E-state index is 0. The van der Waals surface area contributed by atoms with Crippen LogP contribution in [0.2, 0.25) is 0 Å². The summed E-state index contributed by atoms with van der Waals surface area (Å²) in [6.45, 7) is 2.56. The van der Waals surface area contributed by atoms with Crippen molar-refractivity contribution >= 4 is 12.1 Å². The van der Waals surface area contributed by atoms with Gasteiger partial charge in [0.1, 0.15) is 5.75 Å². The van der Waals surface area contributed by atoms with E-state index < -0.39 is 0 Å². The Bertz CT molecular complexity index is 499. The van der Waals surface area contributed by atoms with Crippen molar-refractivity contribution in [2.24, 2.45) is 5.10 Å². The number of carbonyl (C=O) groups excluding carboxylic acids is 1. The third kappa shape index (κ3) is 5.47. The molecule has 0 aliphatic carbocycles. The summed E-state index contributed by atoms with van der Waals surface area (Å²) in [5, 5.41) is 13.5. The number of benzene rings is 1. The van der Waals surface area contributed by atoms with E-state index in [9.17, 15) is 9.90 Å². The minimum Gasteiger partial charge on any atom is -1.00 e. The zero-order valence-corrected chi connectivity index (χ0v) is 13.8. The van der Waals surface area contributed by atoms with Gasteiger partial charge in [0.05, 0.1) is 26.4 Å². The zero-order valence-electron chi connectivity index (χ0n) is 12.3. The quantitative estimate of drug-likeness (QED) is 0.391. The molecule has 2 N–H and O–H groups in total. The first-order valence-electron chi connectivity index (χ1n) is 7.03. The monoisotopic (exact) mass is 355 g/mol. The molecule has 0 unspecified atom stereocenters. The zero-order chi connectivity index (χ0) is 14.4. The molecule has 1 heterocycles. The first-order valence-corrected chi connectivity index (χ1v) is 7.03. The van der Waals surface area contributed by atoms with Gasteiger partial charge in [0.15, 0.2) is 6.54 Å². The van der Waals surface area contributed by atoms with Crippen LogP contribution in [-0.4, -0.2) is 48.4 Å². The Hall–Kier alpha value is -1.40. The number of hydrazone groups is 1. The topological polar surface area (TPSA) is 61.7 Å². The maximum atomic E-state index is 11.9. The van der Waals surface area contributed by atoms with Gasteiger partial charge in [0.25, 0.3) is 5.91 Å². The molecule has 0 atom stereocenters. The Morgan fingerprint density at radius 1 is 1.33 bits per heavy atom. The van der Waals surface area contributed by atoms with Crippen LogP contribution in [0.4, 0.5) is 0 Å². The second-order valence-electron chi connectivity index (χ2n) is 5.64. The van der Waals surface area contributed by atoms with Crippen molar-refractivity contribution in [3.8, 4) is 5.75 Å². The number of aromatic hydroxyl groups is 1. The average Bonchev–Trinajstić information content (AvgIpc) is 2.41. The summed E-state index contributed by atoms with van der Waals surface area (Å²) >= 11 is 0. The minimum atomic E-state index is -0.0823. The molecule has 1 fully saturated rings. The third-order valence-corrected chi connectivity index (χ3v) is 3.75. The van der Waals surface area contributed by atoms with E-state index in [0.717, 1.165) is 17.6 Å². The number of quaternary nitrogens is 1. The van der Waals surface area contributed by atoms with Crippen LogP contribution in [0.1, 0.15) is 24.8 Å². The summed E-state index contributed by atoms with van der Waals surface area (Å²) in [5.41, 5.74) is 3.12. The van der Waals surface area contributed by atoms with Crippen molar-refractivity contribution in [3.63, 3.8) is 0 Å². The van der Waals surface area contributed by atoms with E-state index in [4.69, 9.17) is 0 Å². The van der Waals surface area contributed by atoms with Gasteiger partial charge >= 0.3 is 0 Å². The lowest BCUT2D eigenvalue weighted by atomic mass is 10.1. The van der Waals surface area contributed by atoms with E-state index in [1.54, 1.807) is 18.2 Å². The molecular formula is C15H22BrN3O2. The number of likely N-dealkylation sites (N-methyl/N-ethyl adjacent to an activating group) is 1. The van der Waals surface area contributed by atoms with E-state index in [-0.39, 0.29) is 28.6 Å². The lowest BCUT2D eigenvalue weighted by Gasteiger charge is -2.36. The Morgan fingerprint density at radius 2 is 2.00 bits per heavy atom. The van der Waals surface area contributed by atoms with Crippen molar-refractivity contribution < 1.29 is 31.4 Å². The molecule has 0 radical (unpaired) electrons. The molecule has 1 amide bonds.